The lowest BCUT2D eigenvalue weighted by atomic mass is 10.0. The number of nitrogens with zero attached hydrogens (tertiary/aromatic N) is 3. The van der Waals surface area contributed by atoms with Gasteiger partial charge in [0, 0.05) is 30.6 Å². The highest BCUT2D eigenvalue weighted by Crippen LogP contribution is 2.23. The van der Waals surface area contributed by atoms with Crippen molar-refractivity contribution < 1.29 is 9.18 Å². The summed E-state index contributed by atoms with van der Waals surface area (Å²) in [4.78, 5) is 22.3. The normalized spacial score (nSPS) is 15.2. The Hall–Kier alpha value is -1.82. The van der Waals surface area contributed by atoms with E-state index in [1.54, 1.807) is 11.1 Å². The Morgan fingerprint density at radius 3 is 3.00 bits per heavy atom. The Balaban J connectivity index is 1.62. The van der Waals surface area contributed by atoms with Crippen LogP contribution in [0.15, 0.2) is 29.8 Å². The highest BCUT2D eigenvalue weighted by atomic mass is 32.1. The molecular weight excluding hydrogens is 277 g/mol. The third kappa shape index (κ3) is 2.70. The molecule has 2 aromatic rings. The Bertz CT molecular complexity index is 595. The largest absolute Gasteiger partial charge is 0.341 e. The van der Waals surface area contributed by atoms with Crippen LogP contribution in [0, 0.1) is 5.92 Å². The van der Waals surface area contributed by atoms with E-state index in [0.717, 1.165) is 16.4 Å². The predicted molar refractivity (Wildman–Crippen MR) is 75.1 cm³/mol. The molecule has 1 amide bonds. The molecule has 104 valence electrons. The van der Waals surface area contributed by atoms with Crippen molar-refractivity contribution in [2.75, 3.05) is 19.8 Å². The van der Waals surface area contributed by atoms with Crippen LogP contribution in [-0.2, 0) is 11.2 Å². The van der Waals surface area contributed by atoms with Gasteiger partial charge in [0.25, 0.3) is 0 Å². The second kappa shape index (κ2) is 5.66. The molecule has 2 aromatic heterocycles. The van der Waals surface area contributed by atoms with Crippen LogP contribution in [0.3, 0.4) is 0 Å². The lowest BCUT2D eigenvalue weighted by Gasteiger charge is -2.37. The zero-order valence-corrected chi connectivity index (χ0v) is 11.6. The zero-order valence-electron chi connectivity index (χ0n) is 10.8. The summed E-state index contributed by atoms with van der Waals surface area (Å²) < 4.78 is 12.3. The van der Waals surface area contributed by atoms with Crippen molar-refractivity contribution in [2.24, 2.45) is 5.92 Å². The van der Waals surface area contributed by atoms with Crippen molar-refractivity contribution in [3.8, 4) is 10.7 Å². The van der Waals surface area contributed by atoms with Crippen molar-refractivity contribution in [1.82, 2.24) is 14.9 Å². The summed E-state index contributed by atoms with van der Waals surface area (Å²) in [5, 5.41) is 2.70. The van der Waals surface area contributed by atoms with Gasteiger partial charge in [-0.1, -0.05) is 6.07 Å². The number of amides is 1. The molecule has 4 nitrogen and oxygen atoms in total. The minimum Gasteiger partial charge on any atom is -0.341 e. The summed E-state index contributed by atoms with van der Waals surface area (Å²) in [6, 6.07) is 5.66. The maximum atomic E-state index is 12.3. The van der Waals surface area contributed by atoms with Crippen molar-refractivity contribution >= 4 is 17.2 Å². The van der Waals surface area contributed by atoms with Gasteiger partial charge in [0.05, 0.1) is 24.5 Å². The van der Waals surface area contributed by atoms with Crippen LogP contribution in [0.2, 0.25) is 0 Å². The topological polar surface area (TPSA) is 46.1 Å². The van der Waals surface area contributed by atoms with Gasteiger partial charge in [-0.2, -0.15) is 0 Å². The number of thiazole rings is 1. The number of rotatable bonds is 4. The molecule has 0 saturated carbocycles. The average Bonchev–Trinajstić information content (AvgIpc) is 2.87. The van der Waals surface area contributed by atoms with Crippen molar-refractivity contribution in [2.45, 2.75) is 6.42 Å². The molecule has 0 aliphatic carbocycles. The lowest BCUT2D eigenvalue weighted by molar-refractivity contribution is -0.137. The van der Waals surface area contributed by atoms with Crippen LogP contribution in [-0.4, -0.2) is 40.5 Å². The lowest BCUT2D eigenvalue weighted by Crippen LogP contribution is -2.51. The van der Waals surface area contributed by atoms with Crippen LogP contribution in [0.25, 0.3) is 10.7 Å². The molecule has 3 rings (SSSR count). The molecule has 0 radical (unpaired) electrons. The van der Waals surface area contributed by atoms with E-state index in [1.165, 1.54) is 11.3 Å². The summed E-state index contributed by atoms with van der Waals surface area (Å²) in [6.07, 6.45) is 2.00. The number of carbonyl (C=O) groups excluding carboxylic acids is 1. The first-order valence-electron chi connectivity index (χ1n) is 6.46. The molecule has 1 aliphatic rings. The third-order valence-corrected chi connectivity index (χ3v) is 4.21. The van der Waals surface area contributed by atoms with Crippen molar-refractivity contribution in [1.29, 1.82) is 0 Å². The smallest absolute Gasteiger partial charge is 0.228 e. The number of alkyl halides is 1. The molecule has 0 bridgehead atoms. The zero-order chi connectivity index (χ0) is 13.9. The number of hydrogen-bond acceptors (Lipinski definition) is 4. The van der Waals surface area contributed by atoms with Gasteiger partial charge in [0.15, 0.2) is 0 Å². The fourth-order valence-corrected chi connectivity index (χ4v) is 2.93. The SMILES string of the molecule is O=C(Cc1csc(-c2ccccn2)n1)N1CC(CF)C1. The maximum absolute atomic E-state index is 12.3. The molecule has 3 heterocycles. The average molecular weight is 291 g/mol. The molecule has 0 N–H and O–H groups in total. The first-order valence-corrected chi connectivity index (χ1v) is 7.34. The minimum absolute atomic E-state index is 0.0209. The monoisotopic (exact) mass is 291 g/mol. The number of carbonyl (C=O) groups is 1. The number of hydrogen-bond donors (Lipinski definition) is 0. The molecule has 1 fully saturated rings. The highest BCUT2D eigenvalue weighted by Gasteiger charge is 2.30. The Morgan fingerprint density at radius 2 is 2.30 bits per heavy atom. The van der Waals surface area contributed by atoms with Gasteiger partial charge in [-0.15, -0.1) is 11.3 Å². The first kappa shape index (κ1) is 13.2. The molecule has 6 heteroatoms. The van der Waals surface area contributed by atoms with Crippen LogP contribution >= 0.6 is 11.3 Å². The van der Waals surface area contributed by atoms with E-state index >= 15 is 0 Å². The summed E-state index contributed by atoms with van der Waals surface area (Å²) in [5.74, 6) is 0.0473. The quantitative estimate of drug-likeness (QED) is 0.867. The summed E-state index contributed by atoms with van der Waals surface area (Å²) in [7, 11) is 0. The number of likely N-dealkylation sites (tertiary alicyclic amines) is 1. The molecule has 1 saturated heterocycles. The van der Waals surface area contributed by atoms with Gasteiger partial charge in [0.2, 0.25) is 5.91 Å². The number of pyridine rings is 1. The van der Waals surface area contributed by atoms with Gasteiger partial charge in [-0.3, -0.25) is 14.2 Å². The van der Waals surface area contributed by atoms with Crippen LogP contribution < -0.4 is 0 Å². The van der Waals surface area contributed by atoms with E-state index < -0.39 is 0 Å². The van der Waals surface area contributed by atoms with Crippen LogP contribution in [0.4, 0.5) is 4.39 Å². The fraction of sp³-hybridized carbons (Fsp3) is 0.357. The van der Waals surface area contributed by atoms with Gasteiger partial charge in [-0.25, -0.2) is 4.98 Å². The summed E-state index contributed by atoms with van der Waals surface area (Å²) in [6.45, 7) is 0.726. The van der Waals surface area contributed by atoms with E-state index in [-0.39, 0.29) is 24.9 Å². The second-order valence-electron chi connectivity index (χ2n) is 4.85. The standard InChI is InChI=1S/C14H14FN3OS/c15-6-10-7-18(8-10)13(19)5-11-9-20-14(17-11)12-3-1-2-4-16-12/h1-4,9-10H,5-8H2. The summed E-state index contributed by atoms with van der Waals surface area (Å²) >= 11 is 1.48. The Kier molecular flexibility index (Phi) is 3.73. The van der Waals surface area contributed by atoms with Crippen LogP contribution in [0.5, 0.6) is 0 Å². The Labute approximate surface area is 120 Å². The van der Waals surface area contributed by atoms with Crippen molar-refractivity contribution in [3.05, 3.63) is 35.5 Å². The minimum atomic E-state index is -0.343. The predicted octanol–water partition coefficient (Wildman–Crippen LogP) is 2.18. The number of aromatic nitrogens is 2. The van der Waals surface area contributed by atoms with E-state index in [4.69, 9.17) is 0 Å². The molecule has 1 aliphatic heterocycles. The Morgan fingerprint density at radius 1 is 1.45 bits per heavy atom. The third-order valence-electron chi connectivity index (χ3n) is 3.30. The maximum Gasteiger partial charge on any atom is 0.228 e. The molecule has 20 heavy (non-hydrogen) atoms. The summed E-state index contributed by atoms with van der Waals surface area (Å²) in [5.41, 5.74) is 1.57. The second-order valence-corrected chi connectivity index (χ2v) is 5.71. The highest BCUT2D eigenvalue weighted by molar-refractivity contribution is 7.13. The molecule has 0 aromatic carbocycles. The molecular formula is C14H14FN3OS. The van der Waals surface area contributed by atoms with E-state index in [2.05, 4.69) is 9.97 Å². The molecule has 0 spiro atoms. The van der Waals surface area contributed by atoms with Crippen LogP contribution in [0.1, 0.15) is 5.69 Å². The van der Waals surface area contributed by atoms with Gasteiger partial charge >= 0.3 is 0 Å². The van der Waals surface area contributed by atoms with Gasteiger partial charge < -0.3 is 4.90 Å². The van der Waals surface area contributed by atoms with E-state index in [1.807, 2.05) is 23.6 Å². The van der Waals surface area contributed by atoms with Gasteiger partial charge in [0.1, 0.15) is 5.01 Å². The van der Waals surface area contributed by atoms with Crippen molar-refractivity contribution in [3.63, 3.8) is 0 Å². The van der Waals surface area contributed by atoms with E-state index in [0.29, 0.717) is 13.1 Å². The number of halogens is 1. The van der Waals surface area contributed by atoms with Gasteiger partial charge in [-0.05, 0) is 12.1 Å². The molecule has 0 atom stereocenters. The first-order chi connectivity index (χ1) is 9.76. The molecule has 0 unspecified atom stereocenters. The fourth-order valence-electron chi connectivity index (χ4n) is 2.13. The van der Waals surface area contributed by atoms with E-state index in [9.17, 15) is 9.18 Å².